The summed E-state index contributed by atoms with van der Waals surface area (Å²) in [4.78, 5) is 20.1. The predicted molar refractivity (Wildman–Crippen MR) is 167 cm³/mol. The number of ether oxygens (including phenoxy) is 4. The number of allylic oxidation sites excluding steroid dienone is 4. The topological polar surface area (TPSA) is 92.0 Å². The summed E-state index contributed by atoms with van der Waals surface area (Å²) in [5.74, 6) is 3.34. The smallest absolute Gasteiger partial charge is 0.263 e. The second kappa shape index (κ2) is 11.1. The summed E-state index contributed by atoms with van der Waals surface area (Å²) >= 11 is 1.34. The second-order valence-electron chi connectivity index (χ2n) is 10.7. The Morgan fingerprint density at radius 2 is 1.77 bits per heavy atom. The zero-order valence-corrected chi connectivity index (χ0v) is 24.7. The van der Waals surface area contributed by atoms with Gasteiger partial charge in [0.15, 0.2) is 23.0 Å². The number of aromatic nitrogens is 2. The summed E-state index contributed by atoms with van der Waals surface area (Å²) in [5, 5.41) is 12.3. The minimum Gasteiger partial charge on any atom is -0.506 e. The highest BCUT2D eigenvalue weighted by Crippen LogP contribution is 2.39. The van der Waals surface area contributed by atoms with Crippen LogP contribution in [-0.2, 0) is 19.4 Å². The van der Waals surface area contributed by atoms with Crippen molar-refractivity contribution in [3.8, 4) is 28.7 Å². The van der Waals surface area contributed by atoms with E-state index >= 15 is 0 Å². The maximum Gasteiger partial charge on any atom is 0.263 e. The number of hydrogen-bond donors (Lipinski definition) is 1. The van der Waals surface area contributed by atoms with Gasteiger partial charge in [-0.15, -0.1) is 11.3 Å². The van der Waals surface area contributed by atoms with Crippen LogP contribution in [0.2, 0.25) is 0 Å². The average molecular weight is 595 g/mol. The average Bonchev–Trinajstić information content (AvgIpc) is 3.64. The van der Waals surface area contributed by atoms with Crippen molar-refractivity contribution in [2.24, 2.45) is 0 Å². The first-order valence-electron chi connectivity index (χ1n) is 14.1. The van der Waals surface area contributed by atoms with Gasteiger partial charge in [0.2, 0.25) is 6.79 Å². The van der Waals surface area contributed by atoms with E-state index in [0.29, 0.717) is 63.1 Å². The molecule has 0 amide bonds. The zero-order chi connectivity index (χ0) is 29.5. The fourth-order valence-electron chi connectivity index (χ4n) is 5.77. The molecule has 0 spiro atoms. The molecule has 0 atom stereocenters. The lowest BCUT2D eigenvalue weighted by atomic mass is 9.98. The van der Waals surface area contributed by atoms with E-state index in [-0.39, 0.29) is 18.1 Å². The van der Waals surface area contributed by atoms with Crippen molar-refractivity contribution in [1.29, 1.82) is 0 Å². The Bertz CT molecular complexity index is 2000. The number of phenols is 1. The lowest BCUT2D eigenvalue weighted by Gasteiger charge is -2.14. The summed E-state index contributed by atoms with van der Waals surface area (Å²) in [6, 6.07) is 15.2. The third-order valence-electron chi connectivity index (χ3n) is 7.88. The molecule has 0 saturated carbocycles. The molecule has 1 aliphatic heterocycles. The van der Waals surface area contributed by atoms with Crippen molar-refractivity contribution in [2.75, 3.05) is 21.0 Å². The monoisotopic (exact) mass is 594 g/mol. The summed E-state index contributed by atoms with van der Waals surface area (Å²) in [6.45, 7) is 0.470. The third kappa shape index (κ3) is 5.10. The number of rotatable bonds is 8. The molecule has 1 N–H and O–H groups in total. The van der Waals surface area contributed by atoms with Gasteiger partial charge in [0.05, 0.1) is 30.9 Å². The van der Waals surface area contributed by atoms with E-state index in [1.807, 2.05) is 42.5 Å². The van der Waals surface area contributed by atoms with E-state index in [0.717, 1.165) is 34.9 Å². The van der Waals surface area contributed by atoms with Gasteiger partial charge in [-0.2, -0.15) is 0 Å². The molecule has 43 heavy (non-hydrogen) atoms. The van der Waals surface area contributed by atoms with Crippen molar-refractivity contribution in [3.63, 3.8) is 0 Å². The van der Waals surface area contributed by atoms with Crippen LogP contribution in [0.3, 0.4) is 0 Å². The molecule has 9 heteroatoms. The molecular formula is C34H30N2O6S. The van der Waals surface area contributed by atoms with Crippen LogP contribution in [0, 0.1) is 0 Å². The van der Waals surface area contributed by atoms with E-state index in [1.165, 1.54) is 16.9 Å². The van der Waals surface area contributed by atoms with Crippen LogP contribution in [0.4, 0.5) is 0 Å². The number of thiophene rings is 1. The second-order valence-corrected chi connectivity index (χ2v) is 11.7. The molecule has 5 aromatic rings. The molecule has 2 aromatic heterocycles. The fourth-order valence-corrected chi connectivity index (χ4v) is 6.85. The Morgan fingerprint density at radius 3 is 2.58 bits per heavy atom. The van der Waals surface area contributed by atoms with Crippen LogP contribution in [-0.4, -0.2) is 35.7 Å². The van der Waals surface area contributed by atoms with Gasteiger partial charge in [-0.25, -0.2) is 4.98 Å². The molecule has 0 saturated heterocycles. The molecule has 2 aliphatic rings. The number of methoxy groups -OCH3 is 2. The number of benzene rings is 3. The number of nitrogens with zero attached hydrogens (tertiary/aromatic N) is 2. The largest absolute Gasteiger partial charge is 0.506 e. The minimum atomic E-state index is -0.155. The highest BCUT2D eigenvalue weighted by atomic mass is 32.1. The number of fused-ring (bicyclic) bond motifs is 4. The first-order chi connectivity index (χ1) is 21.0. The van der Waals surface area contributed by atoms with Crippen LogP contribution in [0.1, 0.15) is 35.4 Å². The Balaban J connectivity index is 1.37. The van der Waals surface area contributed by atoms with Crippen molar-refractivity contribution >= 4 is 31.6 Å². The maximum absolute atomic E-state index is 14.4. The van der Waals surface area contributed by atoms with Crippen LogP contribution >= 0.6 is 11.3 Å². The van der Waals surface area contributed by atoms with E-state index < -0.39 is 0 Å². The van der Waals surface area contributed by atoms with Gasteiger partial charge in [0, 0.05) is 11.8 Å². The van der Waals surface area contributed by atoms with E-state index in [9.17, 15) is 9.90 Å². The van der Waals surface area contributed by atoms with Crippen molar-refractivity contribution in [1.82, 2.24) is 9.55 Å². The third-order valence-corrected chi connectivity index (χ3v) is 9.00. The van der Waals surface area contributed by atoms with Gasteiger partial charge in [-0.1, -0.05) is 30.4 Å². The number of hydrogen-bond acceptors (Lipinski definition) is 8. The van der Waals surface area contributed by atoms with Gasteiger partial charge >= 0.3 is 0 Å². The standard InChI is InChI=1S/C34H30N2O6S/c1-39-26-10-8-21(15-28(26)40-2)17-30-35-33-31(34(38)36(30)18-22-9-11-27-29(16-22)42-19-41-27)24-13-23(14-25(37)32(24)43-33)12-20-6-4-3-5-7-20/h4,6-11,13-16,37H,3,5,12,17-19H2,1-2H3. The summed E-state index contributed by atoms with van der Waals surface area (Å²) in [6.07, 6.45) is 9.67. The lowest BCUT2D eigenvalue weighted by molar-refractivity contribution is 0.174. The van der Waals surface area contributed by atoms with E-state index in [1.54, 1.807) is 24.9 Å². The Kier molecular flexibility index (Phi) is 7.02. The first kappa shape index (κ1) is 27.1. The van der Waals surface area contributed by atoms with Crippen LogP contribution in [0.25, 0.3) is 20.3 Å². The van der Waals surface area contributed by atoms with Gasteiger partial charge < -0.3 is 24.1 Å². The van der Waals surface area contributed by atoms with Crippen molar-refractivity contribution < 1.29 is 24.1 Å². The molecule has 1 aliphatic carbocycles. The Hall–Kier alpha value is -4.76. The highest BCUT2D eigenvalue weighted by molar-refractivity contribution is 7.25. The van der Waals surface area contributed by atoms with Crippen molar-refractivity contribution in [2.45, 2.75) is 32.2 Å². The molecule has 8 nitrogen and oxygen atoms in total. The molecule has 0 radical (unpaired) electrons. The SMILES string of the molecule is COc1ccc(Cc2nc3sc4c(O)cc(CC5=CCCC=C5)cc4c3c(=O)n2Cc2ccc3c(c2)OCO3)cc1OC. The molecule has 0 unspecified atom stereocenters. The molecule has 0 fully saturated rings. The number of aromatic hydroxyl groups is 1. The van der Waals surface area contributed by atoms with Gasteiger partial charge in [-0.3, -0.25) is 9.36 Å². The Morgan fingerprint density at radius 1 is 0.930 bits per heavy atom. The first-order valence-corrected chi connectivity index (χ1v) is 14.9. The molecule has 3 aromatic carbocycles. The minimum absolute atomic E-state index is 0.155. The van der Waals surface area contributed by atoms with Crippen molar-refractivity contribution in [3.05, 3.63) is 105 Å². The van der Waals surface area contributed by atoms with E-state index in [4.69, 9.17) is 23.9 Å². The quantitative estimate of drug-likeness (QED) is 0.219. The van der Waals surface area contributed by atoms with Gasteiger partial charge in [0.25, 0.3) is 5.56 Å². The summed E-state index contributed by atoms with van der Waals surface area (Å²) < 4.78 is 24.4. The molecule has 3 heterocycles. The molecule has 0 bridgehead atoms. The summed E-state index contributed by atoms with van der Waals surface area (Å²) in [7, 11) is 3.20. The van der Waals surface area contributed by atoms with E-state index in [2.05, 4.69) is 18.2 Å². The normalized spacial score (nSPS) is 14.0. The lowest BCUT2D eigenvalue weighted by Crippen LogP contribution is -2.26. The number of phenolic OH excluding ortho intramolecular Hbond substituents is 1. The van der Waals surface area contributed by atoms with Crippen LogP contribution < -0.4 is 24.5 Å². The summed E-state index contributed by atoms with van der Waals surface area (Å²) in [5.41, 5.74) is 3.82. The Labute approximate surface area is 252 Å². The van der Waals surface area contributed by atoms with Gasteiger partial charge in [-0.05, 0) is 77.9 Å². The van der Waals surface area contributed by atoms with Crippen LogP contribution in [0.15, 0.2) is 77.1 Å². The maximum atomic E-state index is 14.4. The highest BCUT2D eigenvalue weighted by Gasteiger charge is 2.21. The molecular weight excluding hydrogens is 564 g/mol. The zero-order valence-electron chi connectivity index (χ0n) is 23.9. The van der Waals surface area contributed by atoms with Gasteiger partial charge in [0.1, 0.15) is 16.4 Å². The molecule has 218 valence electrons. The predicted octanol–water partition coefficient (Wildman–Crippen LogP) is 6.52. The van der Waals surface area contributed by atoms with Crippen LogP contribution in [0.5, 0.6) is 28.7 Å². The fraction of sp³-hybridized carbons (Fsp3) is 0.235. The molecule has 7 rings (SSSR count).